The molecule has 0 aliphatic heterocycles. The summed E-state index contributed by atoms with van der Waals surface area (Å²) >= 11 is 5.32. The Morgan fingerprint density at radius 2 is 1.85 bits per heavy atom. The van der Waals surface area contributed by atoms with Gasteiger partial charge in [-0.2, -0.15) is 30.4 Å². The minimum absolute atomic E-state index is 0.176. The first-order valence-electron chi connectivity index (χ1n) is 4.78. The van der Waals surface area contributed by atoms with Gasteiger partial charge >= 0.3 is 12.1 Å². The van der Waals surface area contributed by atoms with Gasteiger partial charge in [0.15, 0.2) is 0 Å². The number of rotatable bonds is 4. The molecule has 0 saturated heterocycles. The second kappa shape index (κ2) is 5.41. The number of alkyl halides is 5. The molecule has 1 rings (SSSR count). The van der Waals surface area contributed by atoms with E-state index >= 15 is 0 Å². The fourth-order valence-electron chi connectivity index (χ4n) is 1.11. The number of aromatic nitrogens is 1. The first-order valence-corrected chi connectivity index (χ1v) is 6.98. The van der Waals surface area contributed by atoms with Gasteiger partial charge in [-0.25, -0.2) is 0 Å². The van der Waals surface area contributed by atoms with Gasteiger partial charge in [-0.15, -0.1) is 0 Å². The zero-order valence-electron chi connectivity index (χ0n) is 9.71. The summed E-state index contributed by atoms with van der Waals surface area (Å²) in [5.74, 6) is -3.95. The van der Waals surface area contributed by atoms with E-state index < -0.39 is 45.1 Å². The zero-order chi connectivity index (χ0) is 15.8. The van der Waals surface area contributed by atoms with E-state index in [0.29, 0.717) is 6.26 Å². The Hall–Kier alpha value is -1.00. The largest absolute Gasteiger partial charge is 0.417 e. The maximum atomic E-state index is 13.6. The summed E-state index contributed by atoms with van der Waals surface area (Å²) in [6, 6.07) is 0.276. The third-order valence-electron chi connectivity index (χ3n) is 1.97. The zero-order valence-corrected chi connectivity index (χ0v) is 11.3. The van der Waals surface area contributed by atoms with Crippen molar-refractivity contribution < 1.29 is 34.6 Å². The second-order valence-electron chi connectivity index (χ2n) is 3.72. The first kappa shape index (κ1) is 17.1. The van der Waals surface area contributed by atoms with Crippen LogP contribution in [0.4, 0.5) is 22.0 Å². The Balaban J connectivity index is 3.07. The average molecular weight is 340 g/mol. The van der Waals surface area contributed by atoms with Crippen molar-refractivity contribution in [3.8, 4) is 0 Å². The topological polar surface area (TPSA) is 56.3 Å². The minimum atomic E-state index is -4.78. The Bertz CT molecular complexity index is 602. The molecule has 4 nitrogen and oxygen atoms in total. The monoisotopic (exact) mass is 339 g/mol. The highest BCUT2D eigenvalue weighted by atomic mass is 35.5. The molecule has 1 heterocycles. The van der Waals surface area contributed by atoms with Gasteiger partial charge in [0, 0.05) is 6.20 Å². The highest BCUT2D eigenvalue weighted by Gasteiger charge is 2.39. The Morgan fingerprint density at radius 3 is 2.25 bits per heavy atom. The summed E-state index contributed by atoms with van der Waals surface area (Å²) in [6.45, 7) is -1.61. The Morgan fingerprint density at radius 1 is 1.30 bits per heavy atom. The van der Waals surface area contributed by atoms with Crippen LogP contribution in [0.15, 0.2) is 12.3 Å². The molecule has 114 valence electrons. The van der Waals surface area contributed by atoms with Crippen LogP contribution < -0.4 is 0 Å². The lowest BCUT2D eigenvalue weighted by molar-refractivity contribution is -0.138. The van der Waals surface area contributed by atoms with Gasteiger partial charge in [-0.1, -0.05) is 11.6 Å². The van der Waals surface area contributed by atoms with Gasteiger partial charge < -0.3 is 0 Å². The molecular formula is C9H7ClF5NO3S. The summed E-state index contributed by atoms with van der Waals surface area (Å²) in [5, 5.41) is -0.943. The van der Waals surface area contributed by atoms with Gasteiger partial charge in [-0.05, 0) is 6.07 Å². The molecule has 20 heavy (non-hydrogen) atoms. The van der Waals surface area contributed by atoms with Crippen molar-refractivity contribution in [2.45, 2.75) is 12.1 Å². The quantitative estimate of drug-likeness (QED) is 0.625. The van der Waals surface area contributed by atoms with Crippen molar-refractivity contribution in [3.05, 3.63) is 28.5 Å². The van der Waals surface area contributed by atoms with Gasteiger partial charge in [-0.3, -0.25) is 9.17 Å². The van der Waals surface area contributed by atoms with Crippen molar-refractivity contribution in [1.82, 2.24) is 4.98 Å². The van der Waals surface area contributed by atoms with Gasteiger partial charge in [0.25, 0.3) is 10.1 Å². The number of hydrogen-bond donors (Lipinski definition) is 0. The molecule has 0 radical (unpaired) electrons. The van der Waals surface area contributed by atoms with E-state index in [2.05, 4.69) is 9.17 Å². The van der Waals surface area contributed by atoms with Gasteiger partial charge in [0.1, 0.15) is 12.3 Å². The molecule has 0 bridgehead atoms. The Kier molecular flexibility index (Phi) is 4.62. The van der Waals surface area contributed by atoms with E-state index in [1.165, 1.54) is 0 Å². The summed E-state index contributed by atoms with van der Waals surface area (Å²) in [4.78, 5) is 2.94. The number of pyridine rings is 1. The van der Waals surface area contributed by atoms with E-state index in [0.717, 1.165) is 0 Å². The molecular weight excluding hydrogens is 333 g/mol. The lowest BCUT2D eigenvalue weighted by Crippen LogP contribution is -2.25. The standard InChI is InChI=1S/C9H7ClF5NO3S/c1-20(17,18)19-4-8(11,12)7-6(10)2-5(3-16-7)9(13,14)15/h2-3H,4H2,1H3. The molecule has 0 aromatic carbocycles. The Labute approximate surface area is 115 Å². The summed E-state index contributed by atoms with van der Waals surface area (Å²) in [7, 11) is -4.14. The van der Waals surface area contributed by atoms with Crippen molar-refractivity contribution in [3.63, 3.8) is 0 Å². The second-order valence-corrected chi connectivity index (χ2v) is 5.77. The fourth-order valence-corrected chi connectivity index (χ4v) is 1.78. The molecule has 1 aromatic heterocycles. The molecule has 0 N–H and O–H groups in total. The third-order valence-corrected chi connectivity index (χ3v) is 2.80. The molecule has 0 aliphatic carbocycles. The van der Waals surface area contributed by atoms with Crippen LogP contribution in [0, 0.1) is 0 Å². The van der Waals surface area contributed by atoms with Crippen molar-refractivity contribution in [1.29, 1.82) is 0 Å². The van der Waals surface area contributed by atoms with Crippen molar-refractivity contribution >= 4 is 21.7 Å². The van der Waals surface area contributed by atoms with Crippen LogP contribution in [0.3, 0.4) is 0 Å². The fraction of sp³-hybridized carbons (Fsp3) is 0.444. The normalized spacial score (nSPS) is 13.6. The predicted octanol–water partition coefficient (Wildman–Crippen LogP) is 2.82. The van der Waals surface area contributed by atoms with E-state index in [9.17, 15) is 30.4 Å². The smallest absolute Gasteiger partial charge is 0.263 e. The maximum absolute atomic E-state index is 13.6. The van der Waals surface area contributed by atoms with Gasteiger partial charge in [0.05, 0.1) is 16.8 Å². The van der Waals surface area contributed by atoms with Crippen LogP contribution in [0.5, 0.6) is 0 Å². The molecule has 1 aromatic rings. The number of hydrogen-bond acceptors (Lipinski definition) is 4. The lowest BCUT2D eigenvalue weighted by atomic mass is 10.2. The molecule has 0 unspecified atom stereocenters. The van der Waals surface area contributed by atoms with E-state index in [-0.39, 0.29) is 12.3 Å². The van der Waals surface area contributed by atoms with Crippen molar-refractivity contribution in [2.75, 3.05) is 12.9 Å². The lowest BCUT2D eigenvalue weighted by Gasteiger charge is -2.17. The minimum Gasteiger partial charge on any atom is -0.263 e. The molecule has 0 saturated carbocycles. The van der Waals surface area contributed by atoms with E-state index in [1.807, 2.05) is 0 Å². The molecule has 0 fully saturated rings. The maximum Gasteiger partial charge on any atom is 0.417 e. The highest BCUT2D eigenvalue weighted by molar-refractivity contribution is 7.85. The summed E-state index contributed by atoms with van der Waals surface area (Å²) < 4.78 is 89.2. The van der Waals surface area contributed by atoms with Gasteiger partial charge in [0.2, 0.25) is 0 Å². The summed E-state index contributed by atoms with van der Waals surface area (Å²) in [6.07, 6.45) is -4.06. The van der Waals surface area contributed by atoms with Crippen LogP contribution in [0.25, 0.3) is 0 Å². The highest BCUT2D eigenvalue weighted by Crippen LogP contribution is 2.36. The van der Waals surface area contributed by atoms with Crippen LogP contribution in [0.2, 0.25) is 5.02 Å². The SMILES string of the molecule is CS(=O)(=O)OCC(F)(F)c1ncc(C(F)(F)F)cc1Cl. The molecule has 0 aliphatic rings. The molecule has 11 heteroatoms. The number of nitrogens with zero attached hydrogens (tertiary/aromatic N) is 1. The number of halogens is 6. The molecule has 0 atom stereocenters. The van der Waals surface area contributed by atoms with E-state index in [4.69, 9.17) is 11.6 Å². The van der Waals surface area contributed by atoms with Crippen LogP contribution >= 0.6 is 11.6 Å². The average Bonchev–Trinajstić information content (AvgIpc) is 2.24. The van der Waals surface area contributed by atoms with Crippen LogP contribution in [-0.4, -0.2) is 26.3 Å². The first-order chi connectivity index (χ1) is 8.83. The summed E-state index contributed by atoms with van der Waals surface area (Å²) in [5.41, 5.74) is -2.50. The molecule has 0 amide bonds. The third kappa shape index (κ3) is 4.53. The van der Waals surface area contributed by atoms with Crippen molar-refractivity contribution in [2.24, 2.45) is 0 Å². The van der Waals surface area contributed by atoms with Crippen LogP contribution in [0.1, 0.15) is 11.3 Å². The van der Waals surface area contributed by atoms with Crippen LogP contribution in [-0.2, 0) is 26.4 Å². The predicted molar refractivity (Wildman–Crippen MR) is 58.9 cm³/mol. The van der Waals surface area contributed by atoms with E-state index in [1.54, 1.807) is 0 Å². The molecule has 0 spiro atoms.